The lowest BCUT2D eigenvalue weighted by molar-refractivity contribution is -0.0255. The van der Waals surface area contributed by atoms with E-state index >= 15 is 0 Å². The highest BCUT2D eigenvalue weighted by Gasteiger charge is 2.36. The number of carbonyl (C=O) groups excluding carboxylic acids is 1. The van der Waals surface area contributed by atoms with Crippen LogP contribution in [0.2, 0.25) is 0 Å². The molecule has 2 aliphatic rings. The molecular weight excluding hydrogens is 242 g/mol. The molecule has 2 aliphatic heterocycles. The number of hydrogen-bond acceptors (Lipinski definition) is 3. The average Bonchev–Trinajstić information content (AvgIpc) is 2.78. The first-order valence-electron chi connectivity index (χ1n) is 6.99. The summed E-state index contributed by atoms with van der Waals surface area (Å²) in [7, 11) is 0. The normalized spacial score (nSPS) is 29.6. The number of rotatable bonds is 2. The molecule has 1 amide bonds. The lowest BCUT2D eigenvalue weighted by atomic mass is 9.99. The van der Waals surface area contributed by atoms with E-state index in [2.05, 4.69) is 5.32 Å². The highest BCUT2D eigenvalue weighted by atomic mass is 16.6. The molecule has 1 aromatic rings. The molecule has 0 aromatic heterocycles. The van der Waals surface area contributed by atoms with Crippen LogP contribution in [0.4, 0.5) is 10.5 Å². The van der Waals surface area contributed by atoms with Gasteiger partial charge in [-0.15, -0.1) is 0 Å². The zero-order valence-corrected chi connectivity index (χ0v) is 10.9. The summed E-state index contributed by atoms with van der Waals surface area (Å²) in [5.74, 6) is 0. The first-order valence-corrected chi connectivity index (χ1v) is 6.99. The van der Waals surface area contributed by atoms with Crippen molar-refractivity contribution in [3.05, 3.63) is 30.3 Å². The fourth-order valence-corrected chi connectivity index (χ4v) is 2.89. The number of carbonyl (C=O) groups is 1. The molecule has 102 valence electrons. The van der Waals surface area contributed by atoms with Gasteiger partial charge in [0.25, 0.3) is 0 Å². The monoisotopic (exact) mass is 261 g/mol. The van der Waals surface area contributed by atoms with Crippen molar-refractivity contribution in [1.82, 2.24) is 0 Å². The highest BCUT2D eigenvalue weighted by Crippen LogP contribution is 2.32. The zero-order chi connectivity index (χ0) is 13.1. The van der Waals surface area contributed by atoms with Gasteiger partial charge in [-0.1, -0.05) is 18.2 Å². The Morgan fingerprint density at radius 3 is 2.84 bits per heavy atom. The number of anilines is 1. The SMILES string of the molecule is O=C(Nc1ccccc1)O[C@H]1CCCC2CCC1O2. The molecule has 4 heteroatoms. The molecule has 0 aliphatic carbocycles. The van der Waals surface area contributed by atoms with Gasteiger partial charge < -0.3 is 9.47 Å². The third kappa shape index (κ3) is 3.07. The van der Waals surface area contributed by atoms with Crippen LogP contribution >= 0.6 is 0 Å². The van der Waals surface area contributed by atoms with Crippen LogP contribution < -0.4 is 5.32 Å². The Morgan fingerprint density at radius 2 is 2.00 bits per heavy atom. The van der Waals surface area contributed by atoms with Gasteiger partial charge in [-0.05, 0) is 44.2 Å². The van der Waals surface area contributed by atoms with Crippen LogP contribution in [0, 0.1) is 0 Å². The number of para-hydroxylation sites is 1. The first-order chi connectivity index (χ1) is 9.31. The largest absolute Gasteiger partial charge is 0.443 e. The molecule has 2 fully saturated rings. The predicted molar refractivity (Wildman–Crippen MR) is 72.1 cm³/mol. The standard InChI is InChI=1S/C15H19NO3/c17-15(16-11-5-2-1-3-6-11)19-13-8-4-7-12-9-10-14(13)18-12/h1-3,5-6,12-14H,4,7-10H2,(H,16,17)/t12?,13-,14?/m0/s1. The maximum absolute atomic E-state index is 11.9. The highest BCUT2D eigenvalue weighted by molar-refractivity contribution is 5.84. The summed E-state index contributed by atoms with van der Waals surface area (Å²) in [5.41, 5.74) is 0.756. The molecule has 2 bridgehead atoms. The van der Waals surface area contributed by atoms with E-state index in [1.165, 1.54) is 0 Å². The van der Waals surface area contributed by atoms with E-state index < -0.39 is 0 Å². The van der Waals surface area contributed by atoms with Gasteiger partial charge in [0.15, 0.2) is 0 Å². The van der Waals surface area contributed by atoms with Gasteiger partial charge in [0.05, 0.1) is 12.2 Å². The van der Waals surface area contributed by atoms with E-state index in [1.54, 1.807) is 0 Å². The van der Waals surface area contributed by atoms with Crippen molar-refractivity contribution in [2.45, 2.75) is 50.4 Å². The fourth-order valence-electron chi connectivity index (χ4n) is 2.89. The first kappa shape index (κ1) is 12.5. The minimum Gasteiger partial charge on any atom is -0.443 e. The van der Waals surface area contributed by atoms with Crippen LogP contribution in [0.25, 0.3) is 0 Å². The second kappa shape index (κ2) is 5.61. The lowest BCUT2D eigenvalue weighted by Crippen LogP contribution is -2.32. The quantitative estimate of drug-likeness (QED) is 0.888. The Bertz CT molecular complexity index is 434. The predicted octanol–water partition coefficient (Wildman–Crippen LogP) is 3.34. The van der Waals surface area contributed by atoms with E-state index in [0.717, 1.165) is 37.8 Å². The number of hydrogen-bond donors (Lipinski definition) is 1. The second-order valence-corrected chi connectivity index (χ2v) is 5.24. The molecule has 2 unspecified atom stereocenters. The van der Waals surface area contributed by atoms with Crippen molar-refractivity contribution in [2.24, 2.45) is 0 Å². The summed E-state index contributed by atoms with van der Waals surface area (Å²) in [6.45, 7) is 0. The zero-order valence-electron chi connectivity index (χ0n) is 10.9. The van der Waals surface area contributed by atoms with Gasteiger partial charge >= 0.3 is 6.09 Å². The van der Waals surface area contributed by atoms with Crippen molar-refractivity contribution >= 4 is 11.8 Å². The van der Waals surface area contributed by atoms with Crippen LogP contribution in [-0.4, -0.2) is 24.4 Å². The fraction of sp³-hybridized carbons (Fsp3) is 0.533. The van der Waals surface area contributed by atoms with Crippen LogP contribution in [0.3, 0.4) is 0 Å². The molecule has 1 aromatic carbocycles. The van der Waals surface area contributed by atoms with E-state index in [-0.39, 0.29) is 18.3 Å². The molecule has 3 atom stereocenters. The molecular formula is C15H19NO3. The Labute approximate surface area is 113 Å². The van der Waals surface area contributed by atoms with Crippen molar-refractivity contribution in [3.63, 3.8) is 0 Å². The van der Waals surface area contributed by atoms with Gasteiger partial charge in [-0.25, -0.2) is 4.79 Å². The minimum atomic E-state index is -0.384. The van der Waals surface area contributed by atoms with E-state index in [9.17, 15) is 4.79 Å². The molecule has 0 radical (unpaired) electrons. The van der Waals surface area contributed by atoms with Gasteiger partial charge in [0, 0.05) is 5.69 Å². The van der Waals surface area contributed by atoms with Crippen molar-refractivity contribution in [3.8, 4) is 0 Å². The van der Waals surface area contributed by atoms with Crippen molar-refractivity contribution in [1.29, 1.82) is 0 Å². The van der Waals surface area contributed by atoms with Gasteiger partial charge in [-0.3, -0.25) is 5.32 Å². The smallest absolute Gasteiger partial charge is 0.411 e. The second-order valence-electron chi connectivity index (χ2n) is 5.24. The molecule has 1 N–H and O–H groups in total. The molecule has 0 saturated carbocycles. The van der Waals surface area contributed by atoms with Crippen LogP contribution in [-0.2, 0) is 9.47 Å². The summed E-state index contributed by atoms with van der Waals surface area (Å²) in [5, 5.41) is 2.75. The summed E-state index contributed by atoms with van der Waals surface area (Å²) in [6, 6.07) is 9.36. The molecule has 0 spiro atoms. The number of amides is 1. The van der Waals surface area contributed by atoms with Gasteiger partial charge in [0.2, 0.25) is 0 Å². The van der Waals surface area contributed by atoms with Crippen LogP contribution in [0.1, 0.15) is 32.1 Å². The van der Waals surface area contributed by atoms with E-state index in [0.29, 0.717) is 6.10 Å². The van der Waals surface area contributed by atoms with Crippen LogP contribution in [0.5, 0.6) is 0 Å². The number of benzene rings is 1. The average molecular weight is 261 g/mol. The number of fused-ring (bicyclic) bond motifs is 2. The Kier molecular flexibility index (Phi) is 3.69. The maximum atomic E-state index is 11.9. The molecule has 4 nitrogen and oxygen atoms in total. The van der Waals surface area contributed by atoms with Crippen LogP contribution in [0.15, 0.2) is 30.3 Å². The van der Waals surface area contributed by atoms with E-state index in [1.807, 2.05) is 30.3 Å². The number of ether oxygens (including phenoxy) is 2. The Morgan fingerprint density at radius 1 is 1.16 bits per heavy atom. The maximum Gasteiger partial charge on any atom is 0.411 e. The Hall–Kier alpha value is -1.55. The van der Waals surface area contributed by atoms with Gasteiger partial charge in [0.1, 0.15) is 6.10 Å². The third-order valence-corrected chi connectivity index (χ3v) is 3.85. The van der Waals surface area contributed by atoms with Gasteiger partial charge in [-0.2, -0.15) is 0 Å². The summed E-state index contributed by atoms with van der Waals surface area (Å²) in [6.07, 6.45) is 5.18. The topological polar surface area (TPSA) is 47.6 Å². The van der Waals surface area contributed by atoms with Crippen molar-refractivity contribution < 1.29 is 14.3 Å². The third-order valence-electron chi connectivity index (χ3n) is 3.85. The summed E-state index contributed by atoms with van der Waals surface area (Å²) >= 11 is 0. The molecule has 2 heterocycles. The molecule has 19 heavy (non-hydrogen) atoms. The van der Waals surface area contributed by atoms with Crippen molar-refractivity contribution in [2.75, 3.05) is 5.32 Å². The summed E-state index contributed by atoms with van der Waals surface area (Å²) < 4.78 is 11.4. The minimum absolute atomic E-state index is 0.0917. The number of nitrogens with one attached hydrogen (secondary N) is 1. The Balaban J connectivity index is 1.56. The lowest BCUT2D eigenvalue weighted by Gasteiger charge is -2.21. The summed E-state index contributed by atoms with van der Waals surface area (Å²) in [4.78, 5) is 11.9. The molecule has 2 saturated heterocycles. The molecule has 3 rings (SSSR count). The van der Waals surface area contributed by atoms with E-state index in [4.69, 9.17) is 9.47 Å².